The van der Waals surface area contributed by atoms with Crippen molar-refractivity contribution >= 4 is 9.47 Å². The minimum absolute atomic E-state index is 0.476. The van der Waals surface area contributed by atoms with Gasteiger partial charge in [0.1, 0.15) is 0 Å². The second kappa shape index (κ2) is 11.8. The van der Waals surface area contributed by atoms with Crippen LogP contribution in [0, 0.1) is 11.3 Å². The molecule has 0 aliphatic rings. The van der Waals surface area contributed by atoms with Crippen LogP contribution in [0.3, 0.4) is 0 Å². The highest BCUT2D eigenvalue weighted by molar-refractivity contribution is 7.09. The average molecular weight is 204 g/mol. The van der Waals surface area contributed by atoms with Crippen LogP contribution in [0.5, 0.6) is 0 Å². The summed E-state index contributed by atoms with van der Waals surface area (Å²) in [5.41, 5.74) is 0. The van der Waals surface area contributed by atoms with Gasteiger partial charge in [0.05, 0.1) is 19.1 Å². The van der Waals surface area contributed by atoms with Gasteiger partial charge in [-0.15, -0.1) is 0 Å². The van der Waals surface area contributed by atoms with Gasteiger partial charge in [-0.3, -0.25) is 0 Å². The van der Waals surface area contributed by atoms with Gasteiger partial charge in [-0.1, -0.05) is 27.7 Å². The molecule has 0 aromatic carbocycles. The van der Waals surface area contributed by atoms with Crippen LogP contribution in [0.2, 0.25) is 0 Å². The molecule has 0 aromatic heterocycles. The van der Waals surface area contributed by atoms with Crippen molar-refractivity contribution in [3.8, 4) is 6.07 Å². The molecule has 0 aliphatic carbocycles. The minimum Gasteiger partial charge on any atom is -0.365 e. The van der Waals surface area contributed by atoms with E-state index in [2.05, 4.69) is 47.0 Å². The number of nitriles is 1. The van der Waals surface area contributed by atoms with Gasteiger partial charge in [0.15, 0.2) is 0 Å². The number of rotatable bonds is 4. The van der Waals surface area contributed by atoms with Crippen molar-refractivity contribution in [1.82, 2.24) is 5.32 Å². The Morgan fingerprint density at radius 3 is 1.85 bits per heavy atom. The smallest absolute Gasteiger partial charge is 0.0646 e. The Labute approximate surface area is 84.1 Å². The highest BCUT2D eigenvalue weighted by Crippen LogP contribution is 1.84. The van der Waals surface area contributed by atoms with E-state index in [1.54, 1.807) is 0 Å². The summed E-state index contributed by atoms with van der Waals surface area (Å²) in [7, 11) is 2.08. The quantitative estimate of drug-likeness (QED) is 0.563. The van der Waals surface area contributed by atoms with Crippen LogP contribution in [-0.2, 0) is 4.52 Å². The van der Waals surface area contributed by atoms with Crippen LogP contribution >= 0.6 is 9.47 Å². The summed E-state index contributed by atoms with van der Waals surface area (Å²) in [6.45, 7) is 9.13. The van der Waals surface area contributed by atoms with Crippen LogP contribution in [0.15, 0.2) is 0 Å². The molecule has 0 rings (SSSR count). The van der Waals surface area contributed by atoms with Crippen LogP contribution in [0.25, 0.3) is 0 Å². The van der Waals surface area contributed by atoms with Gasteiger partial charge in [0.25, 0.3) is 0 Å². The zero-order chi connectivity index (χ0) is 10.7. The lowest BCUT2D eigenvalue weighted by molar-refractivity contribution is 0.383. The molecule has 1 unspecified atom stereocenters. The molecule has 3 nitrogen and oxygen atoms in total. The highest BCUT2D eigenvalue weighted by atomic mass is 31.0. The fourth-order valence-electron chi connectivity index (χ4n) is 0.771. The topological polar surface area (TPSA) is 45.0 Å². The van der Waals surface area contributed by atoms with E-state index in [0.29, 0.717) is 25.1 Å². The van der Waals surface area contributed by atoms with E-state index in [0.717, 1.165) is 0 Å². The van der Waals surface area contributed by atoms with Crippen LogP contribution < -0.4 is 5.32 Å². The molecule has 0 aromatic rings. The van der Waals surface area contributed by atoms with E-state index in [1.165, 1.54) is 0 Å². The second-order valence-corrected chi connectivity index (χ2v) is 3.59. The SMILES string of the molecule is CC(C)NC(C)C.N#CCCOP. The Morgan fingerprint density at radius 1 is 1.31 bits per heavy atom. The van der Waals surface area contributed by atoms with Gasteiger partial charge in [-0.2, -0.15) is 5.26 Å². The zero-order valence-corrected chi connectivity index (χ0v) is 10.2. The van der Waals surface area contributed by atoms with Crippen LogP contribution in [0.1, 0.15) is 34.1 Å². The lowest BCUT2D eigenvalue weighted by Gasteiger charge is -2.10. The van der Waals surface area contributed by atoms with Crippen LogP contribution in [-0.4, -0.2) is 18.7 Å². The number of hydrogen-bond donors (Lipinski definition) is 1. The molecule has 78 valence electrons. The number of nitrogens with one attached hydrogen (secondary N) is 1. The Bertz CT molecular complexity index is 126. The molecular formula is C9H21N2OP. The highest BCUT2D eigenvalue weighted by Gasteiger charge is 1.92. The van der Waals surface area contributed by atoms with E-state index < -0.39 is 0 Å². The summed E-state index contributed by atoms with van der Waals surface area (Å²) in [6.07, 6.45) is 0.476. The minimum atomic E-state index is 0.476. The third-order valence-electron chi connectivity index (χ3n) is 0.998. The first-order valence-corrected chi connectivity index (χ1v) is 4.96. The third-order valence-corrected chi connectivity index (χ3v) is 1.23. The molecule has 0 spiro atoms. The Hall–Kier alpha value is -0.160. The summed E-state index contributed by atoms with van der Waals surface area (Å²) >= 11 is 0. The Balaban J connectivity index is 0. The Morgan fingerprint density at radius 2 is 1.77 bits per heavy atom. The van der Waals surface area contributed by atoms with E-state index in [9.17, 15) is 0 Å². The summed E-state index contributed by atoms with van der Waals surface area (Å²) < 4.78 is 4.48. The molecule has 0 radical (unpaired) electrons. The van der Waals surface area contributed by atoms with E-state index in [4.69, 9.17) is 5.26 Å². The molecule has 4 heteroatoms. The molecule has 0 saturated heterocycles. The van der Waals surface area contributed by atoms with Gasteiger partial charge in [0, 0.05) is 21.6 Å². The molecule has 1 atom stereocenters. The molecule has 0 aliphatic heterocycles. The predicted molar refractivity (Wildman–Crippen MR) is 59.3 cm³/mol. The molecule has 0 amide bonds. The molecule has 0 bridgehead atoms. The van der Waals surface area contributed by atoms with Crippen molar-refractivity contribution in [3.05, 3.63) is 0 Å². The maximum atomic E-state index is 7.86. The van der Waals surface area contributed by atoms with E-state index >= 15 is 0 Å². The molecular weight excluding hydrogens is 183 g/mol. The summed E-state index contributed by atoms with van der Waals surface area (Å²) in [5, 5.41) is 11.2. The molecule has 1 N–H and O–H groups in total. The maximum absolute atomic E-state index is 7.86. The first kappa shape index (κ1) is 15.3. The molecule has 0 heterocycles. The third kappa shape index (κ3) is 24.5. The molecule has 0 saturated carbocycles. The van der Waals surface area contributed by atoms with Crippen molar-refractivity contribution in [3.63, 3.8) is 0 Å². The summed E-state index contributed by atoms with van der Waals surface area (Å²) in [6, 6.07) is 3.18. The lowest BCUT2D eigenvalue weighted by Crippen LogP contribution is -2.29. The van der Waals surface area contributed by atoms with Crippen molar-refractivity contribution in [2.24, 2.45) is 0 Å². The van der Waals surface area contributed by atoms with Gasteiger partial charge < -0.3 is 9.84 Å². The molecule has 13 heavy (non-hydrogen) atoms. The van der Waals surface area contributed by atoms with Crippen molar-refractivity contribution < 1.29 is 4.52 Å². The summed E-state index contributed by atoms with van der Waals surface area (Å²) in [4.78, 5) is 0. The number of hydrogen-bond acceptors (Lipinski definition) is 3. The van der Waals surface area contributed by atoms with Gasteiger partial charge in [-0.05, 0) is 0 Å². The summed E-state index contributed by atoms with van der Waals surface area (Å²) in [5.74, 6) is 0. The van der Waals surface area contributed by atoms with Crippen LogP contribution in [0.4, 0.5) is 0 Å². The fourth-order valence-corrected chi connectivity index (χ4v) is 0.889. The standard InChI is InChI=1S/C6H15N.C3H6NOP/c1-5(2)7-6(3)4;4-2-1-3-5-6/h5-7H,1-4H3;1,3,6H2. The molecule has 0 fully saturated rings. The van der Waals surface area contributed by atoms with Crippen molar-refractivity contribution in [2.75, 3.05) is 6.61 Å². The van der Waals surface area contributed by atoms with Gasteiger partial charge >= 0.3 is 0 Å². The first-order chi connectivity index (χ1) is 6.04. The zero-order valence-electron chi connectivity index (χ0n) is 9.00. The predicted octanol–water partition coefficient (Wildman–Crippen LogP) is 2.10. The number of nitrogens with zero attached hydrogens (tertiary/aromatic N) is 1. The lowest BCUT2D eigenvalue weighted by atomic mass is 10.3. The van der Waals surface area contributed by atoms with Gasteiger partial charge in [-0.25, -0.2) is 0 Å². The van der Waals surface area contributed by atoms with Gasteiger partial charge in [0.2, 0.25) is 0 Å². The maximum Gasteiger partial charge on any atom is 0.0646 e. The van der Waals surface area contributed by atoms with Crippen molar-refractivity contribution in [2.45, 2.75) is 46.2 Å². The first-order valence-electron chi connectivity index (χ1n) is 4.49. The normalized spacial score (nSPS) is 9.38. The average Bonchev–Trinajstić information content (AvgIpc) is 1.99. The van der Waals surface area contributed by atoms with E-state index in [1.807, 2.05) is 6.07 Å². The van der Waals surface area contributed by atoms with E-state index in [-0.39, 0.29) is 0 Å². The second-order valence-electron chi connectivity index (χ2n) is 3.25. The van der Waals surface area contributed by atoms with Crippen molar-refractivity contribution in [1.29, 1.82) is 5.26 Å². The largest absolute Gasteiger partial charge is 0.365 e. The Kier molecular flexibility index (Phi) is 14.0. The monoisotopic (exact) mass is 204 g/mol. The fraction of sp³-hybridized carbons (Fsp3) is 0.889.